The van der Waals surface area contributed by atoms with Crippen molar-refractivity contribution in [1.82, 2.24) is 0 Å². The number of nitrogen functional groups attached to an aromatic ring is 1. The lowest BCUT2D eigenvalue weighted by atomic mass is 9.91. The second kappa shape index (κ2) is 8.17. The number of nitro benzene ring substituents is 1. The first kappa shape index (κ1) is 21.4. The van der Waals surface area contributed by atoms with Crippen LogP contribution < -0.4 is 10.5 Å². The molecule has 0 saturated heterocycles. The highest BCUT2D eigenvalue weighted by Gasteiger charge is 2.21. The van der Waals surface area contributed by atoms with Crippen molar-refractivity contribution in [3.05, 3.63) is 107 Å². The molecule has 0 aliphatic rings. The molecule has 5 rings (SSSR count). The first-order valence-corrected chi connectivity index (χ1v) is 11.9. The molecule has 3 N–H and O–H groups in total. The van der Waals surface area contributed by atoms with Crippen LogP contribution in [0.25, 0.3) is 32.7 Å². The molecule has 0 heterocycles. The molecule has 0 amide bonds. The first-order chi connectivity index (χ1) is 16.3. The van der Waals surface area contributed by atoms with Gasteiger partial charge in [0.15, 0.2) is 0 Å². The van der Waals surface area contributed by atoms with Crippen LogP contribution in [0.15, 0.2) is 102 Å². The summed E-state index contributed by atoms with van der Waals surface area (Å²) in [5.74, 6) is 0. The maximum Gasteiger partial charge on any atom is 0.269 e. The van der Waals surface area contributed by atoms with Crippen molar-refractivity contribution in [3.63, 3.8) is 0 Å². The predicted molar refractivity (Wildman–Crippen MR) is 135 cm³/mol. The third-order valence-electron chi connectivity index (χ3n) is 5.74. The van der Waals surface area contributed by atoms with Gasteiger partial charge in [0.2, 0.25) is 0 Å². The van der Waals surface area contributed by atoms with Gasteiger partial charge in [-0.05, 0) is 45.8 Å². The molecule has 8 heteroatoms. The summed E-state index contributed by atoms with van der Waals surface area (Å²) in [6.07, 6.45) is 0. The lowest BCUT2D eigenvalue weighted by Gasteiger charge is -2.18. The van der Waals surface area contributed by atoms with E-state index in [9.17, 15) is 18.5 Å². The number of fused-ring (bicyclic) bond motifs is 2. The van der Waals surface area contributed by atoms with E-state index in [1.807, 2.05) is 66.7 Å². The standard InChI is InChI=1S/C26H19N3O4S/c27-23-15-9-17-5-1-3-7-21(17)25(23)26-22-8-4-2-6-18(22)10-16-24(26)28-34(32,33)20-13-11-19(12-14-20)29(30)31/h1-16,28H,27H2. The Hall–Kier alpha value is -4.43. The zero-order valence-electron chi connectivity index (χ0n) is 17.8. The average Bonchev–Trinajstić information content (AvgIpc) is 2.84. The number of benzene rings is 5. The summed E-state index contributed by atoms with van der Waals surface area (Å²) < 4.78 is 29.2. The maximum absolute atomic E-state index is 13.2. The van der Waals surface area contributed by atoms with Gasteiger partial charge in [-0.2, -0.15) is 0 Å². The fourth-order valence-corrected chi connectivity index (χ4v) is 5.22. The molecular formula is C26H19N3O4S. The van der Waals surface area contributed by atoms with Gasteiger partial charge in [-0.3, -0.25) is 14.8 Å². The third kappa shape index (κ3) is 3.70. The quantitative estimate of drug-likeness (QED) is 0.187. The predicted octanol–water partition coefficient (Wildman–Crippen LogP) is 5.95. The zero-order valence-corrected chi connectivity index (χ0v) is 18.6. The molecule has 0 spiro atoms. The first-order valence-electron chi connectivity index (χ1n) is 10.4. The zero-order chi connectivity index (χ0) is 23.9. The number of non-ortho nitro benzene ring substituents is 1. The van der Waals surface area contributed by atoms with Gasteiger partial charge in [-0.1, -0.05) is 60.7 Å². The monoisotopic (exact) mass is 469 g/mol. The Morgan fingerprint density at radius 1 is 0.706 bits per heavy atom. The van der Waals surface area contributed by atoms with Gasteiger partial charge < -0.3 is 5.73 Å². The number of anilines is 2. The molecule has 0 aromatic heterocycles. The van der Waals surface area contributed by atoms with Crippen LogP contribution in [0.5, 0.6) is 0 Å². The topological polar surface area (TPSA) is 115 Å². The van der Waals surface area contributed by atoms with Crippen LogP contribution in [0.2, 0.25) is 0 Å². The Balaban J connectivity index is 1.74. The molecule has 0 atom stereocenters. The molecule has 0 bridgehead atoms. The van der Waals surface area contributed by atoms with E-state index in [1.165, 1.54) is 24.3 Å². The summed E-state index contributed by atoms with van der Waals surface area (Å²) in [5.41, 5.74) is 8.55. The lowest BCUT2D eigenvalue weighted by Crippen LogP contribution is -2.14. The number of hydrogen-bond acceptors (Lipinski definition) is 5. The van der Waals surface area contributed by atoms with Crippen molar-refractivity contribution in [2.75, 3.05) is 10.5 Å². The van der Waals surface area contributed by atoms with Crippen LogP contribution in [0.1, 0.15) is 0 Å². The van der Waals surface area contributed by atoms with E-state index in [1.54, 1.807) is 6.07 Å². The number of hydrogen-bond donors (Lipinski definition) is 2. The van der Waals surface area contributed by atoms with Crippen LogP contribution in [0.4, 0.5) is 17.1 Å². The van der Waals surface area contributed by atoms with Gasteiger partial charge in [0.25, 0.3) is 15.7 Å². The SMILES string of the molecule is Nc1ccc2ccccc2c1-c1c(NS(=O)(=O)c2ccc([N+](=O)[O-])cc2)ccc2ccccc12. The fourth-order valence-electron chi connectivity index (χ4n) is 4.14. The van der Waals surface area contributed by atoms with Crippen molar-refractivity contribution < 1.29 is 13.3 Å². The molecule has 0 radical (unpaired) electrons. The molecule has 0 unspecified atom stereocenters. The van der Waals surface area contributed by atoms with Crippen LogP contribution in [0.3, 0.4) is 0 Å². The summed E-state index contributed by atoms with van der Waals surface area (Å²) in [6.45, 7) is 0. The van der Waals surface area contributed by atoms with E-state index in [2.05, 4.69) is 4.72 Å². The lowest BCUT2D eigenvalue weighted by molar-refractivity contribution is -0.384. The van der Waals surface area contributed by atoms with Crippen molar-refractivity contribution in [1.29, 1.82) is 0 Å². The minimum atomic E-state index is -4.03. The van der Waals surface area contributed by atoms with Crippen LogP contribution in [0, 0.1) is 10.1 Å². The molecule has 0 saturated carbocycles. The Kier molecular flexibility index (Phi) is 5.14. The number of nitro groups is 1. The summed E-state index contributed by atoms with van der Waals surface area (Å²) in [4.78, 5) is 10.3. The van der Waals surface area contributed by atoms with E-state index >= 15 is 0 Å². The van der Waals surface area contributed by atoms with Crippen molar-refractivity contribution in [3.8, 4) is 11.1 Å². The summed E-state index contributed by atoms with van der Waals surface area (Å²) in [5, 5.41) is 14.6. The average molecular weight is 470 g/mol. The maximum atomic E-state index is 13.2. The molecule has 0 aliphatic carbocycles. The Bertz CT molecular complexity index is 1680. The molecule has 0 fully saturated rings. The van der Waals surface area contributed by atoms with Crippen molar-refractivity contribution >= 4 is 48.6 Å². The fraction of sp³-hybridized carbons (Fsp3) is 0. The number of rotatable bonds is 5. The molecule has 5 aromatic carbocycles. The molecule has 7 nitrogen and oxygen atoms in total. The number of nitrogens with two attached hydrogens (primary N) is 1. The van der Waals surface area contributed by atoms with Gasteiger partial charge in [-0.15, -0.1) is 0 Å². The van der Waals surface area contributed by atoms with E-state index in [4.69, 9.17) is 5.73 Å². The molecule has 34 heavy (non-hydrogen) atoms. The van der Waals surface area contributed by atoms with Gasteiger partial charge >= 0.3 is 0 Å². The van der Waals surface area contributed by atoms with Crippen LogP contribution in [-0.4, -0.2) is 13.3 Å². The minimum Gasteiger partial charge on any atom is -0.398 e. The van der Waals surface area contributed by atoms with Crippen LogP contribution >= 0.6 is 0 Å². The highest BCUT2D eigenvalue weighted by Crippen LogP contribution is 2.43. The van der Waals surface area contributed by atoms with E-state index in [0.717, 1.165) is 27.1 Å². The summed E-state index contributed by atoms with van der Waals surface area (Å²) >= 11 is 0. The van der Waals surface area contributed by atoms with Gasteiger partial charge in [-0.25, -0.2) is 8.42 Å². The number of nitrogens with zero attached hydrogens (tertiary/aromatic N) is 1. The largest absolute Gasteiger partial charge is 0.398 e. The normalized spacial score (nSPS) is 11.5. The van der Waals surface area contributed by atoms with E-state index in [0.29, 0.717) is 16.9 Å². The Morgan fingerprint density at radius 3 is 1.88 bits per heavy atom. The number of sulfonamides is 1. The highest BCUT2D eigenvalue weighted by atomic mass is 32.2. The van der Waals surface area contributed by atoms with E-state index < -0.39 is 14.9 Å². The third-order valence-corrected chi connectivity index (χ3v) is 7.12. The highest BCUT2D eigenvalue weighted by molar-refractivity contribution is 7.92. The van der Waals surface area contributed by atoms with Crippen LogP contribution in [-0.2, 0) is 10.0 Å². The van der Waals surface area contributed by atoms with Crippen molar-refractivity contribution in [2.45, 2.75) is 4.90 Å². The Morgan fingerprint density at radius 2 is 1.26 bits per heavy atom. The van der Waals surface area contributed by atoms with Gasteiger partial charge in [0, 0.05) is 28.9 Å². The Labute approximate surface area is 195 Å². The molecular weight excluding hydrogens is 450 g/mol. The number of nitrogens with one attached hydrogen (secondary N) is 1. The summed E-state index contributed by atoms with van der Waals surface area (Å²) in [7, 11) is -4.03. The van der Waals surface area contributed by atoms with E-state index in [-0.39, 0.29) is 10.6 Å². The smallest absolute Gasteiger partial charge is 0.269 e. The second-order valence-corrected chi connectivity index (χ2v) is 9.50. The van der Waals surface area contributed by atoms with Gasteiger partial charge in [0.05, 0.1) is 15.5 Å². The van der Waals surface area contributed by atoms with Crippen molar-refractivity contribution in [2.24, 2.45) is 0 Å². The molecule has 168 valence electrons. The minimum absolute atomic E-state index is 0.0805. The second-order valence-electron chi connectivity index (χ2n) is 7.82. The van der Waals surface area contributed by atoms with Gasteiger partial charge in [0.1, 0.15) is 0 Å². The molecule has 5 aromatic rings. The molecule has 0 aliphatic heterocycles. The summed E-state index contributed by atoms with van der Waals surface area (Å²) in [6, 6.07) is 27.5.